The summed E-state index contributed by atoms with van der Waals surface area (Å²) in [6, 6.07) is 2.15. The Morgan fingerprint density at radius 3 is 2.73 bits per heavy atom. The van der Waals surface area contributed by atoms with Gasteiger partial charge in [0.25, 0.3) is 0 Å². The quantitative estimate of drug-likeness (QED) is 0.613. The SMILES string of the molecule is Cc1ccsc1CNCCNCC(C)O. The summed E-state index contributed by atoms with van der Waals surface area (Å²) in [5, 5.41) is 17.7. The number of hydrogen-bond acceptors (Lipinski definition) is 4. The van der Waals surface area contributed by atoms with Crippen LogP contribution in [0.1, 0.15) is 17.4 Å². The molecule has 1 aromatic rings. The van der Waals surface area contributed by atoms with E-state index in [0.717, 1.165) is 19.6 Å². The van der Waals surface area contributed by atoms with E-state index in [-0.39, 0.29) is 6.10 Å². The summed E-state index contributed by atoms with van der Waals surface area (Å²) < 4.78 is 0. The van der Waals surface area contributed by atoms with E-state index < -0.39 is 0 Å². The fourth-order valence-corrected chi connectivity index (χ4v) is 2.15. The van der Waals surface area contributed by atoms with Gasteiger partial charge in [0.1, 0.15) is 0 Å². The lowest BCUT2D eigenvalue weighted by Gasteiger charge is -2.07. The Bertz CT molecular complexity index is 273. The van der Waals surface area contributed by atoms with E-state index in [1.54, 1.807) is 18.3 Å². The first-order valence-electron chi connectivity index (χ1n) is 5.32. The van der Waals surface area contributed by atoms with E-state index in [0.29, 0.717) is 6.54 Å². The molecule has 0 aliphatic rings. The Morgan fingerprint density at radius 1 is 1.40 bits per heavy atom. The van der Waals surface area contributed by atoms with Crippen LogP contribution in [0.2, 0.25) is 0 Å². The summed E-state index contributed by atoms with van der Waals surface area (Å²) in [7, 11) is 0. The van der Waals surface area contributed by atoms with Gasteiger partial charge in [-0.3, -0.25) is 0 Å². The van der Waals surface area contributed by atoms with E-state index in [4.69, 9.17) is 5.11 Å². The Kier molecular flexibility index (Phi) is 5.86. The molecule has 3 nitrogen and oxygen atoms in total. The molecule has 0 saturated carbocycles. The van der Waals surface area contributed by atoms with Gasteiger partial charge in [-0.15, -0.1) is 11.3 Å². The molecule has 0 amide bonds. The number of rotatable bonds is 7. The van der Waals surface area contributed by atoms with Gasteiger partial charge in [0.15, 0.2) is 0 Å². The van der Waals surface area contributed by atoms with Gasteiger partial charge in [0.2, 0.25) is 0 Å². The molecule has 0 aliphatic carbocycles. The van der Waals surface area contributed by atoms with Crippen molar-refractivity contribution < 1.29 is 5.11 Å². The van der Waals surface area contributed by atoms with Crippen LogP contribution in [0.5, 0.6) is 0 Å². The minimum absolute atomic E-state index is 0.260. The highest BCUT2D eigenvalue weighted by molar-refractivity contribution is 7.10. The van der Waals surface area contributed by atoms with Crippen molar-refractivity contribution in [1.29, 1.82) is 0 Å². The van der Waals surface area contributed by atoms with Gasteiger partial charge in [-0.05, 0) is 30.9 Å². The standard InChI is InChI=1S/C11H20N2OS/c1-9-3-6-15-11(9)8-13-5-4-12-7-10(2)14/h3,6,10,12-14H,4-5,7-8H2,1-2H3. The minimum atomic E-state index is -0.260. The second-order valence-electron chi connectivity index (χ2n) is 3.76. The normalized spacial score (nSPS) is 13.0. The topological polar surface area (TPSA) is 44.3 Å². The fraction of sp³-hybridized carbons (Fsp3) is 0.636. The maximum atomic E-state index is 9.01. The van der Waals surface area contributed by atoms with Crippen LogP contribution in [0, 0.1) is 6.92 Å². The molecule has 1 atom stereocenters. The summed E-state index contributed by atoms with van der Waals surface area (Å²) in [5.41, 5.74) is 1.37. The molecular weight excluding hydrogens is 208 g/mol. The van der Waals surface area contributed by atoms with Crippen molar-refractivity contribution in [1.82, 2.24) is 10.6 Å². The smallest absolute Gasteiger partial charge is 0.0636 e. The van der Waals surface area contributed by atoms with E-state index >= 15 is 0 Å². The zero-order valence-corrected chi connectivity index (χ0v) is 10.2. The number of aliphatic hydroxyl groups is 1. The summed E-state index contributed by atoms with van der Waals surface area (Å²) in [6.07, 6.45) is -0.260. The third-order valence-corrected chi connectivity index (χ3v) is 3.20. The van der Waals surface area contributed by atoms with Gasteiger partial charge in [-0.2, -0.15) is 0 Å². The average Bonchev–Trinajstić information content (AvgIpc) is 2.57. The third-order valence-electron chi connectivity index (χ3n) is 2.17. The molecule has 0 aliphatic heterocycles. The number of aliphatic hydroxyl groups excluding tert-OH is 1. The largest absolute Gasteiger partial charge is 0.392 e. The molecule has 1 aromatic heterocycles. The molecule has 0 bridgehead atoms. The van der Waals surface area contributed by atoms with Crippen LogP contribution in [-0.4, -0.2) is 30.8 Å². The van der Waals surface area contributed by atoms with Crippen molar-refractivity contribution in [3.05, 3.63) is 21.9 Å². The third kappa shape index (κ3) is 5.28. The van der Waals surface area contributed by atoms with Crippen molar-refractivity contribution in [2.24, 2.45) is 0 Å². The van der Waals surface area contributed by atoms with Crippen LogP contribution in [0.3, 0.4) is 0 Å². The molecule has 0 fully saturated rings. The molecule has 1 unspecified atom stereocenters. The van der Waals surface area contributed by atoms with E-state index in [1.807, 2.05) is 0 Å². The van der Waals surface area contributed by atoms with Crippen molar-refractivity contribution in [2.75, 3.05) is 19.6 Å². The van der Waals surface area contributed by atoms with Crippen molar-refractivity contribution in [2.45, 2.75) is 26.5 Å². The Hall–Kier alpha value is -0.420. The second kappa shape index (κ2) is 6.95. The first kappa shape index (κ1) is 12.6. The molecule has 3 N–H and O–H groups in total. The van der Waals surface area contributed by atoms with Crippen molar-refractivity contribution >= 4 is 11.3 Å². The number of aryl methyl sites for hydroxylation is 1. The van der Waals surface area contributed by atoms with Gasteiger partial charge < -0.3 is 15.7 Å². The molecule has 0 radical (unpaired) electrons. The number of hydrogen-bond donors (Lipinski definition) is 3. The van der Waals surface area contributed by atoms with E-state index in [2.05, 4.69) is 29.0 Å². The van der Waals surface area contributed by atoms with Gasteiger partial charge in [0.05, 0.1) is 6.10 Å². The van der Waals surface area contributed by atoms with Crippen LogP contribution in [0.4, 0.5) is 0 Å². The average molecular weight is 228 g/mol. The summed E-state index contributed by atoms with van der Waals surface area (Å²) in [6.45, 7) is 7.37. The Labute approximate surface area is 95.5 Å². The van der Waals surface area contributed by atoms with Gasteiger partial charge in [0, 0.05) is 31.1 Å². The predicted octanol–water partition coefficient (Wildman–Crippen LogP) is 1.12. The molecule has 0 spiro atoms. The molecular formula is C11H20N2OS. The van der Waals surface area contributed by atoms with Crippen molar-refractivity contribution in [3.8, 4) is 0 Å². The summed E-state index contributed by atoms with van der Waals surface area (Å²) >= 11 is 1.80. The molecule has 15 heavy (non-hydrogen) atoms. The zero-order chi connectivity index (χ0) is 11.1. The summed E-state index contributed by atoms with van der Waals surface area (Å²) in [4.78, 5) is 1.41. The Morgan fingerprint density at radius 2 is 2.13 bits per heavy atom. The van der Waals surface area contributed by atoms with Crippen LogP contribution in [-0.2, 0) is 6.54 Å². The first-order chi connectivity index (χ1) is 7.20. The van der Waals surface area contributed by atoms with Crippen LogP contribution < -0.4 is 10.6 Å². The van der Waals surface area contributed by atoms with E-state index in [1.165, 1.54) is 10.4 Å². The molecule has 0 aromatic carbocycles. The van der Waals surface area contributed by atoms with E-state index in [9.17, 15) is 0 Å². The van der Waals surface area contributed by atoms with Gasteiger partial charge in [-0.1, -0.05) is 0 Å². The lowest BCUT2D eigenvalue weighted by atomic mass is 10.3. The van der Waals surface area contributed by atoms with Crippen LogP contribution in [0.15, 0.2) is 11.4 Å². The van der Waals surface area contributed by atoms with Crippen LogP contribution >= 0.6 is 11.3 Å². The lowest BCUT2D eigenvalue weighted by Crippen LogP contribution is -2.31. The summed E-state index contributed by atoms with van der Waals surface area (Å²) in [5.74, 6) is 0. The zero-order valence-electron chi connectivity index (χ0n) is 9.42. The van der Waals surface area contributed by atoms with Gasteiger partial charge >= 0.3 is 0 Å². The minimum Gasteiger partial charge on any atom is -0.392 e. The highest BCUT2D eigenvalue weighted by atomic mass is 32.1. The Balaban J connectivity index is 2.00. The predicted molar refractivity (Wildman–Crippen MR) is 65.3 cm³/mol. The second-order valence-corrected chi connectivity index (χ2v) is 4.76. The highest BCUT2D eigenvalue weighted by Gasteiger charge is 1.98. The molecule has 1 heterocycles. The van der Waals surface area contributed by atoms with Gasteiger partial charge in [-0.25, -0.2) is 0 Å². The molecule has 86 valence electrons. The molecule has 1 rings (SSSR count). The highest BCUT2D eigenvalue weighted by Crippen LogP contribution is 2.14. The number of thiophene rings is 1. The maximum absolute atomic E-state index is 9.01. The molecule has 0 saturated heterocycles. The first-order valence-corrected chi connectivity index (χ1v) is 6.20. The monoisotopic (exact) mass is 228 g/mol. The van der Waals surface area contributed by atoms with Crippen molar-refractivity contribution in [3.63, 3.8) is 0 Å². The van der Waals surface area contributed by atoms with Crippen LogP contribution in [0.25, 0.3) is 0 Å². The maximum Gasteiger partial charge on any atom is 0.0636 e. The fourth-order valence-electron chi connectivity index (χ4n) is 1.27. The molecule has 4 heteroatoms. The number of nitrogens with one attached hydrogen (secondary N) is 2. The lowest BCUT2D eigenvalue weighted by molar-refractivity contribution is 0.191.